The van der Waals surface area contributed by atoms with Crippen LogP contribution in [0.25, 0.3) is 0 Å². The SMILES string of the molecule is C[C@H](CC[C@@]1(O)O[C@H]2C[C@H]3[C@@H]4CC=C5C[C@@H](O)C[C@@H](O[C@@H]6O[C@H](CO)[C@H](O)[C@H](O)[C@H]6O)[C@]5(C)[C@H]4CC[C@]3(C)[C@H]2[C@@H]1C)CO[C@@H]1O[C@H](C)[C@@H](O)[C@H](O)[C@@H]1O. The first-order chi connectivity index (χ1) is 24.9. The third kappa shape index (κ3) is 6.67. The Balaban J connectivity index is 1.01. The van der Waals surface area contributed by atoms with Crippen LogP contribution in [0.4, 0.5) is 0 Å². The van der Waals surface area contributed by atoms with Crippen LogP contribution in [-0.4, -0.2) is 145 Å². The maximum Gasteiger partial charge on any atom is 0.187 e. The number of aliphatic hydroxyl groups excluding tert-OH is 8. The summed E-state index contributed by atoms with van der Waals surface area (Å²) in [4.78, 5) is 0. The van der Waals surface area contributed by atoms with Crippen LogP contribution in [0.5, 0.6) is 0 Å². The second-order valence-corrected chi connectivity index (χ2v) is 18.3. The molecule has 6 fully saturated rings. The Morgan fingerprint density at radius 1 is 0.887 bits per heavy atom. The number of aliphatic hydroxyl groups is 9. The number of allylic oxidation sites excluding steroid dienone is 1. The van der Waals surface area contributed by atoms with E-state index < -0.39 is 91.4 Å². The third-order valence-corrected chi connectivity index (χ3v) is 15.3. The fourth-order valence-electron chi connectivity index (χ4n) is 12.1. The van der Waals surface area contributed by atoms with Crippen LogP contribution in [0.15, 0.2) is 11.6 Å². The lowest BCUT2D eigenvalue weighted by Crippen LogP contribution is -2.62. The second-order valence-electron chi connectivity index (χ2n) is 18.3. The van der Waals surface area contributed by atoms with Gasteiger partial charge in [0.1, 0.15) is 42.7 Å². The first kappa shape index (κ1) is 40.4. The van der Waals surface area contributed by atoms with E-state index in [9.17, 15) is 46.0 Å². The molecule has 3 aliphatic heterocycles. The number of hydrogen-bond acceptors (Lipinski definition) is 14. The van der Waals surface area contributed by atoms with Gasteiger partial charge in [-0.25, -0.2) is 0 Å². The van der Waals surface area contributed by atoms with E-state index in [4.69, 9.17) is 23.7 Å². The van der Waals surface area contributed by atoms with Crippen molar-refractivity contribution < 1.29 is 69.6 Å². The molecule has 14 nitrogen and oxygen atoms in total. The van der Waals surface area contributed by atoms with Crippen molar-refractivity contribution in [1.29, 1.82) is 0 Å². The normalized spacial score (nSPS) is 55.8. The summed E-state index contributed by atoms with van der Waals surface area (Å²) in [6.45, 7) is 9.99. The molecular formula is C39H64O14. The van der Waals surface area contributed by atoms with Crippen molar-refractivity contribution in [2.24, 2.45) is 46.3 Å². The summed E-state index contributed by atoms with van der Waals surface area (Å²) in [5, 5.41) is 94.8. The Bertz CT molecular complexity index is 1330. The van der Waals surface area contributed by atoms with Gasteiger partial charge in [0.05, 0.1) is 37.6 Å². The van der Waals surface area contributed by atoms with Crippen molar-refractivity contribution in [3.8, 4) is 0 Å². The molecular weight excluding hydrogens is 692 g/mol. The molecule has 0 aromatic heterocycles. The van der Waals surface area contributed by atoms with Crippen LogP contribution >= 0.6 is 0 Å². The fourth-order valence-corrected chi connectivity index (χ4v) is 12.1. The lowest BCUT2D eigenvalue weighted by molar-refractivity contribution is -0.324. The minimum atomic E-state index is -1.55. The molecule has 304 valence electrons. The highest BCUT2D eigenvalue weighted by molar-refractivity contribution is 5.28. The molecule has 53 heavy (non-hydrogen) atoms. The largest absolute Gasteiger partial charge is 0.394 e. The van der Waals surface area contributed by atoms with E-state index in [1.165, 1.54) is 0 Å². The standard InChI is InChI=1S/C39H64O14/c1-17(16-49-35-33(46)31(44)29(42)19(3)50-35)8-11-39(48)18(2)28-25(53-39)14-24-22-7-6-20-12-21(41)13-27(38(20,5)23(22)9-10-37(24,28)4)52-36-34(47)32(45)30(43)26(15-40)51-36/h6,17-19,21-36,40-48H,7-16H2,1-5H3/t17-,18+,19-,21-,22-,23+,24+,25+,26-,27-,28+,29-,30+,31+,32+,33+,34-,35-,36+,37+,38+,39-/m1/s1. The Labute approximate surface area is 312 Å². The van der Waals surface area contributed by atoms with Crippen molar-refractivity contribution >= 4 is 0 Å². The molecule has 0 bridgehead atoms. The number of fused-ring (bicyclic) bond motifs is 7. The van der Waals surface area contributed by atoms with Gasteiger partial charge in [-0.05, 0) is 80.5 Å². The summed E-state index contributed by atoms with van der Waals surface area (Å²) >= 11 is 0. The zero-order valence-electron chi connectivity index (χ0n) is 31.7. The number of hydrogen-bond donors (Lipinski definition) is 9. The zero-order valence-corrected chi connectivity index (χ0v) is 31.7. The van der Waals surface area contributed by atoms with Gasteiger partial charge < -0.3 is 69.6 Å². The molecule has 3 heterocycles. The maximum atomic E-state index is 12.0. The monoisotopic (exact) mass is 756 g/mol. The lowest BCUT2D eigenvalue weighted by atomic mass is 9.46. The summed E-state index contributed by atoms with van der Waals surface area (Å²) < 4.78 is 30.3. The molecule has 0 spiro atoms. The highest BCUT2D eigenvalue weighted by Crippen LogP contribution is 2.70. The van der Waals surface area contributed by atoms with E-state index in [1.54, 1.807) is 6.92 Å². The third-order valence-electron chi connectivity index (χ3n) is 15.3. The Morgan fingerprint density at radius 2 is 1.58 bits per heavy atom. The van der Waals surface area contributed by atoms with Gasteiger partial charge in [0.15, 0.2) is 18.4 Å². The van der Waals surface area contributed by atoms with Gasteiger partial charge in [-0.1, -0.05) is 39.3 Å². The highest BCUT2D eigenvalue weighted by Gasteiger charge is 2.68. The van der Waals surface area contributed by atoms with Gasteiger partial charge in [-0.3, -0.25) is 0 Å². The minimum Gasteiger partial charge on any atom is -0.394 e. The van der Waals surface area contributed by atoms with E-state index >= 15 is 0 Å². The number of ether oxygens (including phenoxy) is 5. The first-order valence-electron chi connectivity index (χ1n) is 20.0. The topological polar surface area (TPSA) is 228 Å². The van der Waals surface area contributed by atoms with Gasteiger partial charge in [0.25, 0.3) is 0 Å². The van der Waals surface area contributed by atoms with Crippen molar-refractivity contribution in [2.45, 2.75) is 171 Å². The molecule has 7 rings (SSSR count). The predicted molar refractivity (Wildman–Crippen MR) is 186 cm³/mol. The highest BCUT2D eigenvalue weighted by atomic mass is 16.7. The molecule has 0 aromatic rings. The molecule has 4 aliphatic carbocycles. The molecule has 0 unspecified atom stereocenters. The summed E-state index contributed by atoms with van der Waals surface area (Å²) in [6.07, 6.45) is -6.10. The smallest absolute Gasteiger partial charge is 0.187 e. The average molecular weight is 757 g/mol. The molecule has 0 amide bonds. The maximum absolute atomic E-state index is 12.0. The van der Waals surface area contributed by atoms with Crippen LogP contribution in [0.2, 0.25) is 0 Å². The van der Waals surface area contributed by atoms with Gasteiger partial charge in [0.2, 0.25) is 0 Å². The van der Waals surface area contributed by atoms with Crippen LogP contribution in [0.3, 0.4) is 0 Å². The lowest BCUT2D eigenvalue weighted by Gasteiger charge is -2.60. The van der Waals surface area contributed by atoms with E-state index in [2.05, 4.69) is 26.8 Å². The Hall–Kier alpha value is -0.820. The molecule has 3 saturated heterocycles. The van der Waals surface area contributed by atoms with Gasteiger partial charge >= 0.3 is 0 Å². The van der Waals surface area contributed by atoms with Crippen molar-refractivity contribution in [3.63, 3.8) is 0 Å². The molecule has 3 saturated carbocycles. The summed E-state index contributed by atoms with van der Waals surface area (Å²) in [5.41, 5.74) is 0.601. The molecule has 14 heteroatoms. The van der Waals surface area contributed by atoms with Crippen molar-refractivity contribution in [1.82, 2.24) is 0 Å². The van der Waals surface area contributed by atoms with Gasteiger partial charge in [-0.2, -0.15) is 0 Å². The van der Waals surface area contributed by atoms with Crippen LogP contribution in [-0.2, 0) is 23.7 Å². The van der Waals surface area contributed by atoms with Crippen molar-refractivity contribution in [3.05, 3.63) is 11.6 Å². The minimum absolute atomic E-state index is 0.000240. The van der Waals surface area contributed by atoms with Gasteiger partial charge in [-0.15, -0.1) is 0 Å². The number of rotatable bonds is 9. The van der Waals surface area contributed by atoms with E-state index in [-0.39, 0.29) is 41.8 Å². The van der Waals surface area contributed by atoms with Crippen LogP contribution in [0, 0.1) is 46.3 Å². The molecule has 0 aromatic carbocycles. The van der Waals surface area contributed by atoms with Crippen LogP contribution in [0.1, 0.15) is 86.0 Å². The van der Waals surface area contributed by atoms with Crippen LogP contribution < -0.4 is 0 Å². The summed E-state index contributed by atoms with van der Waals surface area (Å²) in [5.74, 6) is -0.368. The molecule has 7 aliphatic rings. The Morgan fingerprint density at radius 3 is 2.30 bits per heavy atom. The first-order valence-corrected chi connectivity index (χ1v) is 20.0. The summed E-state index contributed by atoms with van der Waals surface area (Å²) in [6, 6.07) is 0. The fraction of sp³-hybridized carbons (Fsp3) is 0.949. The molecule has 0 radical (unpaired) electrons. The van der Waals surface area contributed by atoms with Crippen molar-refractivity contribution in [2.75, 3.05) is 13.2 Å². The average Bonchev–Trinajstić information content (AvgIpc) is 3.56. The van der Waals surface area contributed by atoms with E-state index in [0.717, 1.165) is 31.3 Å². The van der Waals surface area contributed by atoms with Gasteiger partial charge in [0, 0.05) is 24.2 Å². The molecule has 9 N–H and O–H groups in total. The second kappa shape index (κ2) is 14.8. The molecule has 22 atom stereocenters. The predicted octanol–water partition coefficient (Wildman–Crippen LogP) is 0.315. The zero-order chi connectivity index (χ0) is 38.4. The summed E-state index contributed by atoms with van der Waals surface area (Å²) in [7, 11) is 0. The Kier molecular flexibility index (Phi) is 11.3. The van der Waals surface area contributed by atoms with E-state index in [1.807, 2.05) is 6.92 Å². The van der Waals surface area contributed by atoms with E-state index in [0.29, 0.717) is 37.5 Å². The quantitative estimate of drug-likeness (QED) is 0.145.